The molecule has 2 N–H and O–H groups in total. The van der Waals surface area contributed by atoms with Gasteiger partial charge in [-0.3, -0.25) is 0 Å². The van der Waals surface area contributed by atoms with Gasteiger partial charge in [-0.2, -0.15) is 0 Å². The van der Waals surface area contributed by atoms with Crippen molar-refractivity contribution in [2.24, 2.45) is 0 Å². The molecule has 0 amide bonds. The molecular weight excluding hydrogens is 200 g/mol. The van der Waals surface area contributed by atoms with Gasteiger partial charge in [-0.15, -0.1) is 0 Å². The predicted octanol–water partition coefficient (Wildman–Crippen LogP) is 1.92. The van der Waals surface area contributed by atoms with E-state index in [1.54, 1.807) is 0 Å². The molecule has 2 atom stereocenters. The smallest absolute Gasteiger partial charge is 0.0594 e. The van der Waals surface area contributed by atoms with Gasteiger partial charge in [0.2, 0.25) is 0 Å². The number of ether oxygens (including phenoxy) is 1. The zero-order valence-corrected chi connectivity index (χ0v) is 11.1. The van der Waals surface area contributed by atoms with Crippen LogP contribution in [0.15, 0.2) is 0 Å². The molecule has 0 bridgehead atoms. The second-order valence-electron chi connectivity index (χ2n) is 5.16. The molecule has 0 radical (unpaired) electrons. The van der Waals surface area contributed by atoms with Gasteiger partial charge in [0.05, 0.1) is 12.7 Å². The average Bonchev–Trinajstić information content (AvgIpc) is 2.25. The molecule has 3 nitrogen and oxygen atoms in total. The highest BCUT2D eigenvalue weighted by Gasteiger charge is 2.15. The first-order chi connectivity index (χ1) is 7.68. The van der Waals surface area contributed by atoms with E-state index in [9.17, 15) is 0 Å². The van der Waals surface area contributed by atoms with Crippen molar-refractivity contribution in [1.82, 2.24) is 10.6 Å². The Morgan fingerprint density at radius 3 is 2.75 bits per heavy atom. The summed E-state index contributed by atoms with van der Waals surface area (Å²) in [4.78, 5) is 0. The summed E-state index contributed by atoms with van der Waals surface area (Å²) < 4.78 is 5.50. The third-order valence-corrected chi connectivity index (χ3v) is 3.10. The quantitative estimate of drug-likeness (QED) is 0.653. The van der Waals surface area contributed by atoms with Crippen LogP contribution >= 0.6 is 0 Å². The highest BCUT2D eigenvalue weighted by molar-refractivity contribution is 4.76. The molecule has 0 aromatic heterocycles. The van der Waals surface area contributed by atoms with Gasteiger partial charge in [0, 0.05) is 18.6 Å². The van der Waals surface area contributed by atoms with Gasteiger partial charge >= 0.3 is 0 Å². The third kappa shape index (κ3) is 6.46. The molecule has 1 aliphatic rings. The fourth-order valence-corrected chi connectivity index (χ4v) is 2.24. The SMILES string of the molecule is CC(CC1CCCCN1)NCCOC(C)C. The van der Waals surface area contributed by atoms with E-state index in [2.05, 4.69) is 31.4 Å². The maximum atomic E-state index is 5.50. The van der Waals surface area contributed by atoms with E-state index in [-0.39, 0.29) is 0 Å². The number of rotatable bonds is 7. The van der Waals surface area contributed by atoms with E-state index in [1.807, 2.05) is 0 Å². The van der Waals surface area contributed by atoms with Crippen molar-refractivity contribution in [3.63, 3.8) is 0 Å². The second-order valence-corrected chi connectivity index (χ2v) is 5.16. The van der Waals surface area contributed by atoms with Crippen molar-refractivity contribution < 1.29 is 4.74 Å². The number of nitrogens with one attached hydrogen (secondary N) is 2. The van der Waals surface area contributed by atoms with E-state index < -0.39 is 0 Å². The standard InChI is InChI=1S/C13H28N2O/c1-11(2)16-9-8-14-12(3)10-13-6-4-5-7-15-13/h11-15H,4-10H2,1-3H3. The van der Waals surface area contributed by atoms with Gasteiger partial charge in [0.25, 0.3) is 0 Å². The summed E-state index contributed by atoms with van der Waals surface area (Å²) in [5, 5.41) is 7.11. The molecule has 2 unspecified atom stereocenters. The molecule has 0 aromatic carbocycles. The van der Waals surface area contributed by atoms with Crippen LogP contribution in [0.4, 0.5) is 0 Å². The minimum absolute atomic E-state index is 0.345. The van der Waals surface area contributed by atoms with Gasteiger partial charge in [-0.1, -0.05) is 6.42 Å². The zero-order chi connectivity index (χ0) is 11.8. The van der Waals surface area contributed by atoms with Crippen LogP contribution in [0, 0.1) is 0 Å². The Morgan fingerprint density at radius 1 is 1.31 bits per heavy atom. The summed E-state index contributed by atoms with van der Waals surface area (Å²) in [7, 11) is 0. The van der Waals surface area contributed by atoms with Gasteiger partial charge < -0.3 is 15.4 Å². The number of hydrogen-bond donors (Lipinski definition) is 2. The molecule has 0 saturated carbocycles. The summed E-state index contributed by atoms with van der Waals surface area (Å²) in [6.45, 7) is 9.41. The van der Waals surface area contributed by atoms with Gasteiger partial charge in [0.1, 0.15) is 0 Å². The third-order valence-electron chi connectivity index (χ3n) is 3.10. The van der Waals surface area contributed by atoms with Crippen LogP contribution in [0.1, 0.15) is 46.5 Å². The molecule has 1 fully saturated rings. The number of piperidine rings is 1. The first kappa shape index (κ1) is 13.9. The molecule has 1 aliphatic heterocycles. The lowest BCUT2D eigenvalue weighted by molar-refractivity contribution is 0.0792. The normalized spacial score (nSPS) is 23.6. The Hall–Kier alpha value is -0.120. The molecule has 16 heavy (non-hydrogen) atoms. The van der Waals surface area contributed by atoms with Crippen LogP contribution < -0.4 is 10.6 Å². The van der Waals surface area contributed by atoms with Crippen LogP contribution in [-0.2, 0) is 4.74 Å². The van der Waals surface area contributed by atoms with Crippen LogP contribution in [0.3, 0.4) is 0 Å². The lowest BCUT2D eigenvalue weighted by atomic mass is 9.99. The summed E-state index contributed by atoms with van der Waals surface area (Å²) >= 11 is 0. The van der Waals surface area contributed by atoms with Gasteiger partial charge in [-0.25, -0.2) is 0 Å². The van der Waals surface area contributed by atoms with Crippen LogP contribution in [-0.4, -0.2) is 37.9 Å². The van der Waals surface area contributed by atoms with Crippen molar-refractivity contribution in [3.05, 3.63) is 0 Å². The highest BCUT2D eigenvalue weighted by Crippen LogP contribution is 2.11. The van der Waals surface area contributed by atoms with Crippen molar-refractivity contribution in [2.75, 3.05) is 19.7 Å². The fraction of sp³-hybridized carbons (Fsp3) is 1.00. The minimum Gasteiger partial charge on any atom is -0.377 e. The largest absolute Gasteiger partial charge is 0.377 e. The molecule has 1 saturated heterocycles. The first-order valence-corrected chi connectivity index (χ1v) is 6.77. The van der Waals surface area contributed by atoms with E-state index >= 15 is 0 Å². The molecule has 1 rings (SSSR count). The topological polar surface area (TPSA) is 33.3 Å². The first-order valence-electron chi connectivity index (χ1n) is 6.77. The van der Waals surface area contributed by atoms with Crippen molar-refractivity contribution >= 4 is 0 Å². The maximum Gasteiger partial charge on any atom is 0.0594 e. The lowest BCUT2D eigenvalue weighted by Gasteiger charge is -2.26. The summed E-state index contributed by atoms with van der Waals surface area (Å²) in [6, 6.07) is 1.31. The zero-order valence-electron chi connectivity index (χ0n) is 11.1. The monoisotopic (exact) mass is 228 g/mol. The van der Waals surface area contributed by atoms with Crippen LogP contribution in [0.5, 0.6) is 0 Å². The van der Waals surface area contributed by atoms with Crippen molar-refractivity contribution in [1.29, 1.82) is 0 Å². The van der Waals surface area contributed by atoms with Crippen molar-refractivity contribution in [3.8, 4) is 0 Å². The molecule has 1 heterocycles. The molecule has 96 valence electrons. The molecule has 3 heteroatoms. The maximum absolute atomic E-state index is 5.50. The van der Waals surface area contributed by atoms with Crippen molar-refractivity contribution in [2.45, 2.75) is 64.6 Å². The predicted molar refractivity (Wildman–Crippen MR) is 68.8 cm³/mol. The molecule has 0 spiro atoms. The Morgan fingerprint density at radius 2 is 2.12 bits per heavy atom. The van der Waals surface area contributed by atoms with Crippen LogP contribution in [0.2, 0.25) is 0 Å². The summed E-state index contributed by atoms with van der Waals surface area (Å²) in [5.74, 6) is 0. The average molecular weight is 228 g/mol. The Balaban J connectivity index is 1.99. The van der Waals surface area contributed by atoms with Crippen LogP contribution in [0.25, 0.3) is 0 Å². The summed E-state index contributed by atoms with van der Waals surface area (Å²) in [6.07, 6.45) is 5.66. The fourth-order valence-electron chi connectivity index (χ4n) is 2.24. The minimum atomic E-state index is 0.345. The Labute approximate surface area is 100 Å². The van der Waals surface area contributed by atoms with Gasteiger partial charge in [0.15, 0.2) is 0 Å². The molecule has 0 aliphatic carbocycles. The lowest BCUT2D eigenvalue weighted by Crippen LogP contribution is -2.40. The second kappa shape index (κ2) is 8.04. The Kier molecular flexibility index (Phi) is 7.01. The molecule has 0 aromatic rings. The van der Waals surface area contributed by atoms with E-state index in [0.717, 1.165) is 19.2 Å². The summed E-state index contributed by atoms with van der Waals surface area (Å²) in [5.41, 5.74) is 0. The molecular formula is C13H28N2O. The van der Waals surface area contributed by atoms with Gasteiger partial charge in [-0.05, 0) is 46.6 Å². The Bertz CT molecular complexity index is 167. The van der Waals surface area contributed by atoms with E-state index in [1.165, 1.54) is 32.2 Å². The number of hydrogen-bond acceptors (Lipinski definition) is 3. The van der Waals surface area contributed by atoms with E-state index in [4.69, 9.17) is 4.74 Å². The van der Waals surface area contributed by atoms with E-state index in [0.29, 0.717) is 12.1 Å². The highest BCUT2D eigenvalue weighted by atomic mass is 16.5.